The molecular weight excluding hydrogens is 354 g/mol. The van der Waals surface area contributed by atoms with Crippen LogP contribution in [0.15, 0.2) is 30.5 Å². The summed E-state index contributed by atoms with van der Waals surface area (Å²) in [5.74, 6) is 0.766. The van der Waals surface area contributed by atoms with Gasteiger partial charge in [0, 0.05) is 49.7 Å². The normalized spacial score (nSPS) is 16.8. The Morgan fingerprint density at radius 1 is 1.29 bits per heavy atom. The van der Waals surface area contributed by atoms with Crippen LogP contribution in [0.2, 0.25) is 0 Å². The van der Waals surface area contributed by atoms with Crippen LogP contribution in [0, 0.1) is 13.8 Å². The molecule has 0 aromatic carbocycles. The third-order valence-corrected chi connectivity index (χ3v) is 5.33. The van der Waals surface area contributed by atoms with Gasteiger partial charge in [0.1, 0.15) is 5.82 Å². The Labute approximate surface area is 165 Å². The van der Waals surface area contributed by atoms with Crippen LogP contribution in [0.25, 0.3) is 5.82 Å². The smallest absolute Gasteiger partial charge is 0.256 e. The summed E-state index contributed by atoms with van der Waals surface area (Å²) in [6, 6.07) is 7.70. The Kier molecular flexibility index (Phi) is 6.46. The first kappa shape index (κ1) is 20.1. The maximum absolute atomic E-state index is 13.4. The van der Waals surface area contributed by atoms with Crippen molar-refractivity contribution in [2.45, 2.75) is 45.6 Å². The van der Waals surface area contributed by atoms with Crippen molar-refractivity contribution in [3.05, 3.63) is 47.4 Å². The fourth-order valence-corrected chi connectivity index (χ4v) is 3.90. The van der Waals surface area contributed by atoms with E-state index in [-0.39, 0.29) is 17.9 Å². The minimum absolute atomic E-state index is 0.0147. The highest BCUT2D eigenvalue weighted by Crippen LogP contribution is 2.24. The molecule has 1 fully saturated rings. The van der Waals surface area contributed by atoms with Crippen molar-refractivity contribution in [1.29, 1.82) is 0 Å². The molecule has 3 N–H and O–H groups in total. The van der Waals surface area contributed by atoms with Gasteiger partial charge in [-0.15, -0.1) is 0 Å². The number of nitrogens with zero attached hydrogens (tertiary/aromatic N) is 3. The molecule has 0 spiro atoms. The average molecular weight is 383 g/mol. The van der Waals surface area contributed by atoms with Gasteiger partial charge in [0.15, 0.2) is 0 Å². The molecule has 2 aromatic rings. The van der Waals surface area contributed by atoms with E-state index in [1.807, 2.05) is 47.6 Å². The largest absolute Gasteiger partial charge is 0.354 e. The third kappa shape index (κ3) is 4.25. The molecule has 2 amide bonds. The van der Waals surface area contributed by atoms with Crippen LogP contribution in [-0.4, -0.2) is 51.9 Å². The molecular formula is C21H29N5O2. The predicted molar refractivity (Wildman–Crippen MR) is 108 cm³/mol. The monoisotopic (exact) mass is 383 g/mol. The molecule has 2 aromatic heterocycles. The van der Waals surface area contributed by atoms with Crippen molar-refractivity contribution >= 4 is 11.8 Å². The van der Waals surface area contributed by atoms with Gasteiger partial charge < -0.3 is 20.5 Å². The van der Waals surface area contributed by atoms with Crippen LogP contribution in [0.3, 0.4) is 0 Å². The number of nitrogens with two attached hydrogens (primary N) is 1. The summed E-state index contributed by atoms with van der Waals surface area (Å²) >= 11 is 0. The molecule has 1 saturated heterocycles. The van der Waals surface area contributed by atoms with Crippen molar-refractivity contribution < 1.29 is 9.59 Å². The molecule has 7 nitrogen and oxygen atoms in total. The van der Waals surface area contributed by atoms with Crippen LogP contribution in [-0.2, 0) is 4.79 Å². The summed E-state index contributed by atoms with van der Waals surface area (Å²) in [7, 11) is 0. The number of pyridine rings is 1. The van der Waals surface area contributed by atoms with Gasteiger partial charge in [0.25, 0.3) is 5.91 Å². The first-order valence-electron chi connectivity index (χ1n) is 9.91. The number of aryl methyl sites for hydroxylation is 1. The summed E-state index contributed by atoms with van der Waals surface area (Å²) < 4.78 is 2.01. The number of rotatable bonds is 6. The highest BCUT2D eigenvalue weighted by Gasteiger charge is 2.30. The number of nitrogens with one attached hydrogen (secondary N) is 1. The summed E-state index contributed by atoms with van der Waals surface area (Å²) in [6.45, 7) is 5.46. The van der Waals surface area contributed by atoms with Crippen molar-refractivity contribution in [3.8, 4) is 5.82 Å². The van der Waals surface area contributed by atoms with Gasteiger partial charge in [-0.1, -0.05) is 6.07 Å². The number of likely N-dealkylation sites (tertiary alicyclic amines) is 1. The van der Waals surface area contributed by atoms with E-state index in [1.165, 1.54) is 0 Å². The number of hydrogen-bond donors (Lipinski definition) is 2. The maximum atomic E-state index is 13.4. The molecule has 1 aliphatic heterocycles. The lowest BCUT2D eigenvalue weighted by Gasteiger charge is -2.36. The number of carbonyl (C=O) groups is 2. The van der Waals surface area contributed by atoms with E-state index in [0.29, 0.717) is 31.6 Å². The number of aromatic nitrogens is 2. The van der Waals surface area contributed by atoms with Crippen LogP contribution >= 0.6 is 0 Å². The highest BCUT2D eigenvalue weighted by atomic mass is 16.2. The van der Waals surface area contributed by atoms with Crippen molar-refractivity contribution in [2.75, 3.05) is 19.6 Å². The van der Waals surface area contributed by atoms with Gasteiger partial charge in [0.05, 0.1) is 5.56 Å². The van der Waals surface area contributed by atoms with Gasteiger partial charge in [-0.05, 0) is 51.3 Å². The second-order valence-corrected chi connectivity index (χ2v) is 7.30. The Morgan fingerprint density at radius 3 is 2.82 bits per heavy atom. The minimum atomic E-state index is -0.0613. The molecule has 28 heavy (non-hydrogen) atoms. The first-order chi connectivity index (χ1) is 13.5. The van der Waals surface area contributed by atoms with Crippen LogP contribution < -0.4 is 11.1 Å². The SMILES string of the molecule is Cc1cc(C(=O)N2CCCCC2CNC(=O)CCN)c(C)n1-c1ccccn1. The van der Waals surface area contributed by atoms with E-state index in [2.05, 4.69) is 10.3 Å². The van der Waals surface area contributed by atoms with Gasteiger partial charge in [0.2, 0.25) is 5.91 Å². The van der Waals surface area contributed by atoms with E-state index in [9.17, 15) is 9.59 Å². The van der Waals surface area contributed by atoms with Gasteiger partial charge in [-0.2, -0.15) is 0 Å². The summed E-state index contributed by atoms with van der Waals surface area (Å²) in [5.41, 5.74) is 8.00. The Morgan fingerprint density at radius 2 is 2.11 bits per heavy atom. The molecule has 0 saturated carbocycles. The lowest BCUT2D eigenvalue weighted by atomic mass is 10.0. The minimum Gasteiger partial charge on any atom is -0.354 e. The molecule has 150 valence electrons. The molecule has 3 heterocycles. The maximum Gasteiger partial charge on any atom is 0.256 e. The topological polar surface area (TPSA) is 93.3 Å². The fourth-order valence-electron chi connectivity index (χ4n) is 3.90. The Bertz CT molecular complexity index is 831. The van der Waals surface area contributed by atoms with Crippen LogP contribution in [0.4, 0.5) is 0 Å². The zero-order valence-corrected chi connectivity index (χ0v) is 16.6. The average Bonchev–Trinajstić information content (AvgIpc) is 3.01. The summed E-state index contributed by atoms with van der Waals surface area (Å²) in [6.07, 6.45) is 5.01. The van der Waals surface area contributed by atoms with E-state index < -0.39 is 0 Å². The van der Waals surface area contributed by atoms with E-state index >= 15 is 0 Å². The Balaban J connectivity index is 1.81. The zero-order chi connectivity index (χ0) is 20.1. The van der Waals surface area contributed by atoms with Crippen molar-refractivity contribution in [1.82, 2.24) is 19.8 Å². The Hall–Kier alpha value is -2.67. The molecule has 0 radical (unpaired) electrons. The van der Waals surface area contributed by atoms with Crippen LogP contribution in [0.5, 0.6) is 0 Å². The lowest BCUT2D eigenvalue weighted by Crippen LogP contribution is -2.49. The fraction of sp³-hybridized carbons (Fsp3) is 0.476. The molecule has 1 atom stereocenters. The molecule has 1 aliphatic rings. The second-order valence-electron chi connectivity index (χ2n) is 7.30. The summed E-state index contributed by atoms with van der Waals surface area (Å²) in [5, 5.41) is 2.92. The van der Waals surface area contributed by atoms with Crippen LogP contribution in [0.1, 0.15) is 47.4 Å². The van der Waals surface area contributed by atoms with E-state index in [0.717, 1.165) is 36.5 Å². The molecule has 3 rings (SSSR count). The number of hydrogen-bond acceptors (Lipinski definition) is 4. The quantitative estimate of drug-likeness (QED) is 0.797. The number of piperidine rings is 1. The van der Waals surface area contributed by atoms with Crippen molar-refractivity contribution in [3.63, 3.8) is 0 Å². The highest BCUT2D eigenvalue weighted by molar-refractivity contribution is 5.96. The third-order valence-electron chi connectivity index (χ3n) is 5.33. The molecule has 0 aliphatic carbocycles. The molecule has 7 heteroatoms. The van der Waals surface area contributed by atoms with Gasteiger partial charge >= 0.3 is 0 Å². The van der Waals surface area contributed by atoms with Gasteiger partial charge in [-0.25, -0.2) is 4.98 Å². The zero-order valence-electron chi connectivity index (χ0n) is 16.6. The molecule has 0 bridgehead atoms. The lowest BCUT2D eigenvalue weighted by molar-refractivity contribution is -0.121. The number of carbonyl (C=O) groups excluding carboxylic acids is 2. The molecule has 1 unspecified atom stereocenters. The second kappa shape index (κ2) is 9.01. The van der Waals surface area contributed by atoms with E-state index in [1.54, 1.807) is 6.20 Å². The standard InChI is InChI=1S/C21H29N5O2/c1-15-13-18(16(2)26(15)19-8-3-5-11-23-19)21(28)25-12-6-4-7-17(25)14-24-20(27)9-10-22/h3,5,8,11,13,17H,4,6-7,9-10,12,14,22H2,1-2H3,(H,24,27). The number of amides is 2. The van der Waals surface area contributed by atoms with E-state index in [4.69, 9.17) is 5.73 Å². The van der Waals surface area contributed by atoms with Crippen molar-refractivity contribution in [2.24, 2.45) is 5.73 Å². The predicted octanol–water partition coefficient (Wildman–Crippen LogP) is 1.95. The van der Waals surface area contributed by atoms with Gasteiger partial charge in [-0.3, -0.25) is 9.59 Å². The first-order valence-corrected chi connectivity index (χ1v) is 9.91. The summed E-state index contributed by atoms with van der Waals surface area (Å²) in [4.78, 5) is 31.5.